The summed E-state index contributed by atoms with van der Waals surface area (Å²) in [5, 5.41) is 3.35. The Balaban J connectivity index is 0.000000963. The lowest BCUT2D eigenvalue weighted by molar-refractivity contribution is 0.171. The summed E-state index contributed by atoms with van der Waals surface area (Å²) in [6.07, 6.45) is 1.17. The zero-order chi connectivity index (χ0) is 10.3. The largest absolute Gasteiger partial charge is 0.493 e. The van der Waals surface area contributed by atoms with E-state index in [1.807, 2.05) is 12.1 Å². The van der Waals surface area contributed by atoms with Crippen LogP contribution in [0.4, 0.5) is 0 Å². The molecule has 5 heteroatoms. The number of ether oxygens (including phenoxy) is 3. The Kier molecular flexibility index (Phi) is 3.12. The van der Waals surface area contributed by atoms with E-state index in [4.69, 9.17) is 14.2 Å². The Morgan fingerprint density at radius 1 is 1.38 bits per heavy atom. The molecule has 4 nitrogen and oxygen atoms in total. The van der Waals surface area contributed by atoms with Gasteiger partial charge in [0.15, 0.2) is 11.5 Å². The van der Waals surface area contributed by atoms with Gasteiger partial charge in [0.25, 0.3) is 0 Å². The van der Waals surface area contributed by atoms with Gasteiger partial charge in [-0.25, -0.2) is 0 Å². The summed E-state index contributed by atoms with van der Waals surface area (Å²) >= 11 is 0. The first-order valence-electron chi connectivity index (χ1n) is 5.09. The van der Waals surface area contributed by atoms with Gasteiger partial charge in [0, 0.05) is 6.04 Å². The van der Waals surface area contributed by atoms with E-state index in [2.05, 4.69) is 5.32 Å². The Hall–Kier alpha value is -1.13. The van der Waals surface area contributed by atoms with Crippen LogP contribution in [0.5, 0.6) is 17.2 Å². The van der Waals surface area contributed by atoms with E-state index in [0.717, 1.165) is 23.8 Å². The third kappa shape index (κ3) is 1.68. The summed E-state index contributed by atoms with van der Waals surface area (Å²) in [4.78, 5) is 0. The van der Waals surface area contributed by atoms with Crippen LogP contribution in [0.25, 0.3) is 0 Å². The number of hydrogen-bond donors (Lipinski definition) is 1. The molecule has 2 aliphatic rings. The number of fused-ring (bicyclic) bond motifs is 1. The standard InChI is InChI=1S/C11H13NO3.ClH/c1-13-9-4-7(8-2-3-12-8)5-10-11(9)15-6-14-10;/h4-5,8,12H,2-3,6H2,1H3;1H/t8-;/m0./s1. The van der Waals surface area contributed by atoms with Gasteiger partial charge in [-0.15, -0.1) is 12.4 Å². The van der Waals surface area contributed by atoms with Gasteiger partial charge in [0.2, 0.25) is 12.5 Å². The lowest BCUT2D eigenvalue weighted by Gasteiger charge is -2.28. The molecular weight excluding hydrogens is 230 g/mol. The average Bonchev–Trinajstić information content (AvgIpc) is 2.61. The fourth-order valence-electron chi connectivity index (χ4n) is 1.92. The predicted molar refractivity (Wildman–Crippen MR) is 61.7 cm³/mol. The number of halogens is 1. The highest BCUT2D eigenvalue weighted by Gasteiger charge is 2.25. The third-order valence-corrected chi connectivity index (χ3v) is 2.91. The SMILES string of the molecule is COc1cc([C@@H]2CCN2)cc2c1OCO2.Cl. The van der Waals surface area contributed by atoms with Gasteiger partial charge < -0.3 is 19.5 Å². The van der Waals surface area contributed by atoms with Crippen LogP contribution >= 0.6 is 12.4 Å². The predicted octanol–water partition coefficient (Wildman–Crippen LogP) is 1.88. The summed E-state index contributed by atoms with van der Waals surface area (Å²) in [7, 11) is 1.65. The van der Waals surface area contributed by atoms with Gasteiger partial charge in [-0.05, 0) is 30.7 Å². The van der Waals surface area contributed by atoms with Crippen molar-refractivity contribution in [2.24, 2.45) is 0 Å². The second kappa shape index (κ2) is 4.39. The molecule has 88 valence electrons. The van der Waals surface area contributed by atoms with Crippen molar-refractivity contribution in [3.05, 3.63) is 17.7 Å². The Labute approximate surface area is 100 Å². The molecule has 0 spiro atoms. The molecule has 1 N–H and O–H groups in total. The summed E-state index contributed by atoms with van der Waals surface area (Å²) in [5.74, 6) is 2.27. The van der Waals surface area contributed by atoms with Crippen LogP contribution in [0.15, 0.2) is 12.1 Å². The first-order valence-corrected chi connectivity index (χ1v) is 5.09. The molecule has 0 unspecified atom stereocenters. The van der Waals surface area contributed by atoms with Crippen LogP contribution in [0.1, 0.15) is 18.0 Å². The summed E-state index contributed by atoms with van der Waals surface area (Å²) in [6.45, 7) is 1.37. The van der Waals surface area contributed by atoms with Gasteiger partial charge >= 0.3 is 0 Å². The van der Waals surface area contributed by atoms with Gasteiger partial charge in [-0.2, -0.15) is 0 Å². The fourth-order valence-corrected chi connectivity index (χ4v) is 1.92. The van der Waals surface area contributed by atoms with Crippen LogP contribution in [0, 0.1) is 0 Å². The second-order valence-corrected chi connectivity index (χ2v) is 3.75. The number of benzene rings is 1. The highest BCUT2D eigenvalue weighted by molar-refractivity contribution is 5.85. The van der Waals surface area contributed by atoms with Gasteiger partial charge in [0.05, 0.1) is 7.11 Å². The van der Waals surface area contributed by atoms with E-state index in [9.17, 15) is 0 Å². The van der Waals surface area contributed by atoms with Crippen molar-refractivity contribution in [2.75, 3.05) is 20.4 Å². The lowest BCUT2D eigenvalue weighted by atomic mass is 9.97. The highest BCUT2D eigenvalue weighted by atomic mass is 35.5. The molecule has 1 aromatic rings. The molecule has 3 rings (SSSR count). The molecule has 16 heavy (non-hydrogen) atoms. The van der Waals surface area contributed by atoms with E-state index in [-0.39, 0.29) is 19.2 Å². The lowest BCUT2D eigenvalue weighted by Crippen LogP contribution is -2.34. The maximum atomic E-state index is 5.37. The van der Waals surface area contributed by atoms with Gasteiger partial charge in [-0.1, -0.05) is 0 Å². The quantitative estimate of drug-likeness (QED) is 0.861. The first-order chi connectivity index (χ1) is 7.38. The van der Waals surface area contributed by atoms with Crippen molar-refractivity contribution in [1.29, 1.82) is 0 Å². The van der Waals surface area contributed by atoms with Crippen molar-refractivity contribution in [3.8, 4) is 17.2 Å². The van der Waals surface area contributed by atoms with Crippen LogP contribution in [0.2, 0.25) is 0 Å². The fraction of sp³-hybridized carbons (Fsp3) is 0.455. The molecule has 1 saturated heterocycles. The molecule has 1 fully saturated rings. The van der Waals surface area contributed by atoms with Gasteiger partial charge in [0.1, 0.15) is 0 Å². The maximum absolute atomic E-state index is 5.37. The van der Waals surface area contributed by atoms with Crippen LogP contribution < -0.4 is 19.5 Å². The van der Waals surface area contributed by atoms with Crippen molar-refractivity contribution in [2.45, 2.75) is 12.5 Å². The molecule has 0 bridgehead atoms. The summed E-state index contributed by atoms with van der Waals surface area (Å²) < 4.78 is 16.0. The zero-order valence-corrected chi connectivity index (χ0v) is 9.80. The molecule has 0 amide bonds. The Morgan fingerprint density at radius 3 is 2.81 bits per heavy atom. The van der Waals surface area contributed by atoms with Crippen molar-refractivity contribution >= 4 is 12.4 Å². The Morgan fingerprint density at radius 2 is 2.19 bits per heavy atom. The van der Waals surface area contributed by atoms with Crippen molar-refractivity contribution < 1.29 is 14.2 Å². The van der Waals surface area contributed by atoms with Gasteiger partial charge in [-0.3, -0.25) is 0 Å². The molecule has 2 aliphatic heterocycles. The number of hydrogen-bond acceptors (Lipinski definition) is 4. The number of rotatable bonds is 2. The average molecular weight is 244 g/mol. The summed E-state index contributed by atoms with van der Waals surface area (Å²) in [6, 6.07) is 4.49. The van der Waals surface area contributed by atoms with Crippen molar-refractivity contribution in [1.82, 2.24) is 5.32 Å². The molecule has 1 aromatic carbocycles. The minimum absolute atomic E-state index is 0. The molecule has 0 radical (unpaired) electrons. The molecule has 0 aliphatic carbocycles. The highest BCUT2D eigenvalue weighted by Crippen LogP contribution is 2.43. The molecule has 1 atom stereocenters. The number of methoxy groups -OCH3 is 1. The van der Waals surface area contributed by atoms with E-state index >= 15 is 0 Å². The van der Waals surface area contributed by atoms with E-state index in [0.29, 0.717) is 6.04 Å². The first kappa shape index (κ1) is 11.4. The van der Waals surface area contributed by atoms with Crippen LogP contribution in [-0.4, -0.2) is 20.4 Å². The number of nitrogens with one attached hydrogen (secondary N) is 1. The minimum Gasteiger partial charge on any atom is -0.493 e. The van der Waals surface area contributed by atoms with E-state index in [1.54, 1.807) is 7.11 Å². The topological polar surface area (TPSA) is 39.7 Å². The van der Waals surface area contributed by atoms with Crippen LogP contribution in [-0.2, 0) is 0 Å². The van der Waals surface area contributed by atoms with E-state index in [1.165, 1.54) is 12.0 Å². The molecule has 2 heterocycles. The third-order valence-electron chi connectivity index (χ3n) is 2.91. The van der Waals surface area contributed by atoms with Crippen LogP contribution in [0.3, 0.4) is 0 Å². The molecule has 0 aromatic heterocycles. The molecule has 0 saturated carbocycles. The normalized spacial score (nSPS) is 20.9. The Bertz CT molecular complexity index is 393. The monoisotopic (exact) mass is 243 g/mol. The minimum atomic E-state index is 0. The summed E-state index contributed by atoms with van der Waals surface area (Å²) in [5.41, 5.74) is 1.21. The maximum Gasteiger partial charge on any atom is 0.231 e. The van der Waals surface area contributed by atoms with E-state index < -0.39 is 0 Å². The van der Waals surface area contributed by atoms with Crippen molar-refractivity contribution in [3.63, 3.8) is 0 Å². The second-order valence-electron chi connectivity index (χ2n) is 3.75. The smallest absolute Gasteiger partial charge is 0.231 e. The zero-order valence-electron chi connectivity index (χ0n) is 8.99. The molecular formula is C11H14ClNO3.